The number of aromatic nitrogens is 2. The third kappa shape index (κ3) is 7.46. The van der Waals surface area contributed by atoms with Crippen molar-refractivity contribution in [2.75, 3.05) is 26.2 Å². The Morgan fingerprint density at radius 2 is 1.90 bits per heavy atom. The zero-order chi connectivity index (χ0) is 21.2. The maximum atomic E-state index is 13.1. The van der Waals surface area contributed by atoms with Crippen LogP contribution in [0.3, 0.4) is 0 Å². The van der Waals surface area contributed by atoms with Crippen molar-refractivity contribution >= 4 is 40.0 Å². The first-order valence-electron chi connectivity index (χ1n) is 10.7. The van der Waals surface area contributed by atoms with Gasteiger partial charge in [0.2, 0.25) is 10.0 Å². The molecule has 1 fully saturated rings. The van der Waals surface area contributed by atoms with Crippen molar-refractivity contribution in [3.63, 3.8) is 0 Å². The molecule has 31 heavy (non-hydrogen) atoms. The highest BCUT2D eigenvalue weighted by Crippen LogP contribution is 2.24. The van der Waals surface area contributed by atoms with Gasteiger partial charge in [0.25, 0.3) is 0 Å². The number of hydrogen-bond acceptors (Lipinski definition) is 4. The van der Waals surface area contributed by atoms with Crippen molar-refractivity contribution in [3.05, 3.63) is 48.3 Å². The minimum Gasteiger partial charge on any atom is -0.357 e. The Kier molecular flexibility index (Phi) is 10.7. The molecular weight excluding hydrogens is 527 g/mol. The molecule has 1 aliphatic rings. The van der Waals surface area contributed by atoms with E-state index in [-0.39, 0.29) is 24.0 Å². The van der Waals surface area contributed by atoms with Gasteiger partial charge in [-0.1, -0.05) is 24.6 Å². The Labute approximate surface area is 202 Å². The molecular formula is C21H33IN6O2S. The van der Waals surface area contributed by atoms with E-state index in [1.165, 1.54) is 0 Å². The normalized spacial score (nSPS) is 15.3. The molecule has 0 amide bonds. The summed E-state index contributed by atoms with van der Waals surface area (Å²) in [5.41, 5.74) is 0.719. The largest absolute Gasteiger partial charge is 0.357 e. The molecule has 1 saturated heterocycles. The molecule has 8 nitrogen and oxygen atoms in total. The first-order chi connectivity index (χ1) is 14.6. The number of aliphatic imine (C=N–C) groups is 1. The second-order valence-corrected chi connectivity index (χ2v) is 9.22. The molecule has 3 rings (SSSR count). The van der Waals surface area contributed by atoms with E-state index in [1.54, 1.807) is 22.6 Å². The molecule has 172 valence electrons. The van der Waals surface area contributed by atoms with Crippen LogP contribution in [-0.2, 0) is 23.1 Å². The summed E-state index contributed by atoms with van der Waals surface area (Å²) in [7, 11) is -3.49. The lowest BCUT2D eigenvalue weighted by atomic mass is 10.2. The lowest BCUT2D eigenvalue weighted by Crippen LogP contribution is -2.38. The summed E-state index contributed by atoms with van der Waals surface area (Å²) in [5.74, 6) is 0.683. The van der Waals surface area contributed by atoms with Gasteiger partial charge in [0.1, 0.15) is 0 Å². The van der Waals surface area contributed by atoms with Crippen LogP contribution in [0.25, 0.3) is 0 Å². The molecule has 0 saturated carbocycles. The summed E-state index contributed by atoms with van der Waals surface area (Å²) in [6.07, 6.45) is 7.56. The standard InChI is InChI=1S/C21H32N6O2S.HI/c1-2-22-21(23-12-8-14-26-15-9-13-25-26)24-18-19-10-4-5-11-20(19)30(28,29)27-16-6-3-7-17-27;/h4-5,9-11,13,15H,2-3,6-8,12,14,16-18H2,1H3,(H2,22,23,24);1H. The van der Waals surface area contributed by atoms with Gasteiger partial charge < -0.3 is 10.6 Å². The van der Waals surface area contributed by atoms with Crippen LogP contribution in [0.1, 0.15) is 38.2 Å². The predicted octanol–water partition coefficient (Wildman–Crippen LogP) is 2.82. The predicted molar refractivity (Wildman–Crippen MR) is 134 cm³/mol. The van der Waals surface area contributed by atoms with Gasteiger partial charge in [0.05, 0.1) is 11.4 Å². The van der Waals surface area contributed by atoms with Crippen LogP contribution in [0.4, 0.5) is 0 Å². The third-order valence-electron chi connectivity index (χ3n) is 5.07. The Morgan fingerprint density at radius 1 is 1.13 bits per heavy atom. The molecule has 1 aromatic heterocycles. The molecule has 0 unspecified atom stereocenters. The number of nitrogens with zero attached hydrogens (tertiary/aromatic N) is 4. The second-order valence-electron chi connectivity index (χ2n) is 7.32. The summed E-state index contributed by atoms with van der Waals surface area (Å²) >= 11 is 0. The van der Waals surface area contributed by atoms with Crippen LogP contribution in [0, 0.1) is 0 Å². The zero-order valence-electron chi connectivity index (χ0n) is 18.0. The summed E-state index contributed by atoms with van der Waals surface area (Å²) < 4.78 is 29.8. The lowest BCUT2D eigenvalue weighted by molar-refractivity contribution is 0.346. The van der Waals surface area contributed by atoms with Gasteiger partial charge >= 0.3 is 0 Å². The fourth-order valence-corrected chi connectivity index (χ4v) is 5.25. The van der Waals surface area contributed by atoms with Crippen molar-refractivity contribution in [1.82, 2.24) is 24.7 Å². The van der Waals surface area contributed by atoms with Crippen LogP contribution in [-0.4, -0.2) is 54.6 Å². The third-order valence-corrected chi connectivity index (χ3v) is 7.07. The average Bonchev–Trinajstić information content (AvgIpc) is 3.29. The van der Waals surface area contributed by atoms with Crippen LogP contribution >= 0.6 is 24.0 Å². The molecule has 0 atom stereocenters. The quantitative estimate of drug-likeness (QED) is 0.213. The summed E-state index contributed by atoms with van der Waals surface area (Å²) in [5, 5.41) is 10.7. The van der Waals surface area contributed by atoms with Gasteiger partial charge in [-0.15, -0.1) is 24.0 Å². The van der Waals surface area contributed by atoms with Crippen LogP contribution < -0.4 is 10.6 Å². The highest BCUT2D eigenvalue weighted by Gasteiger charge is 2.27. The molecule has 0 bridgehead atoms. The van der Waals surface area contributed by atoms with Crippen LogP contribution in [0.5, 0.6) is 0 Å². The number of piperidine rings is 1. The molecule has 0 aliphatic carbocycles. The van der Waals surface area contributed by atoms with Gasteiger partial charge in [-0.3, -0.25) is 4.68 Å². The summed E-state index contributed by atoms with van der Waals surface area (Å²) in [6, 6.07) is 9.10. The van der Waals surface area contributed by atoms with Crippen molar-refractivity contribution in [3.8, 4) is 0 Å². The van der Waals surface area contributed by atoms with Gasteiger partial charge in [0.15, 0.2) is 5.96 Å². The summed E-state index contributed by atoms with van der Waals surface area (Å²) in [4.78, 5) is 4.99. The maximum absolute atomic E-state index is 13.1. The molecule has 0 radical (unpaired) electrons. The Balaban J connectivity index is 0.00000341. The number of hydrogen-bond donors (Lipinski definition) is 2. The fourth-order valence-electron chi connectivity index (χ4n) is 3.52. The van der Waals surface area contributed by atoms with Crippen LogP contribution in [0.2, 0.25) is 0 Å². The van der Waals surface area contributed by atoms with E-state index in [0.29, 0.717) is 30.5 Å². The molecule has 1 aromatic carbocycles. The number of nitrogens with one attached hydrogen (secondary N) is 2. The van der Waals surface area contributed by atoms with Gasteiger partial charge in [0, 0.05) is 45.1 Å². The molecule has 0 spiro atoms. The maximum Gasteiger partial charge on any atom is 0.243 e. The van der Waals surface area contributed by atoms with Crippen molar-refractivity contribution in [2.24, 2.45) is 4.99 Å². The minimum atomic E-state index is -3.49. The molecule has 1 aliphatic heterocycles. The average molecular weight is 561 g/mol. The van der Waals surface area contributed by atoms with Crippen molar-refractivity contribution in [1.29, 1.82) is 0 Å². The van der Waals surface area contributed by atoms with E-state index >= 15 is 0 Å². The van der Waals surface area contributed by atoms with E-state index < -0.39 is 10.0 Å². The zero-order valence-corrected chi connectivity index (χ0v) is 21.2. The smallest absolute Gasteiger partial charge is 0.243 e. The number of sulfonamides is 1. The van der Waals surface area contributed by atoms with E-state index in [0.717, 1.165) is 50.9 Å². The number of guanidine groups is 1. The van der Waals surface area contributed by atoms with E-state index in [9.17, 15) is 8.42 Å². The molecule has 2 N–H and O–H groups in total. The first kappa shape index (κ1) is 25.6. The number of benzene rings is 1. The van der Waals surface area contributed by atoms with Crippen molar-refractivity contribution < 1.29 is 8.42 Å². The Morgan fingerprint density at radius 3 is 2.61 bits per heavy atom. The van der Waals surface area contributed by atoms with Crippen molar-refractivity contribution in [2.45, 2.75) is 50.6 Å². The number of rotatable bonds is 9. The highest BCUT2D eigenvalue weighted by atomic mass is 127. The lowest BCUT2D eigenvalue weighted by Gasteiger charge is -2.26. The number of aryl methyl sites for hydroxylation is 1. The molecule has 10 heteroatoms. The topological polar surface area (TPSA) is 91.6 Å². The van der Waals surface area contributed by atoms with E-state index in [1.807, 2.05) is 36.0 Å². The molecule has 2 heterocycles. The van der Waals surface area contributed by atoms with Gasteiger partial charge in [-0.2, -0.15) is 9.40 Å². The Bertz CT molecular complexity index is 912. The monoisotopic (exact) mass is 560 g/mol. The Hall–Kier alpha value is -1.66. The minimum absolute atomic E-state index is 0. The fraction of sp³-hybridized carbons (Fsp3) is 0.524. The van der Waals surface area contributed by atoms with Gasteiger partial charge in [-0.05, 0) is 43.9 Å². The van der Waals surface area contributed by atoms with E-state index in [2.05, 4.69) is 20.7 Å². The number of halogens is 1. The highest BCUT2D eigenvalue weighted by molar-refractivity contribution is 14.0. The first-order valence-corrected chi connectivity index (χ1v) is 12.1. The van der Waals surface area contributed by atoms with Crippen LogP contribution in [0.15, 0.2) is 52.6 Å². The summed E-state index contributed by atoms with van der Waals surface area (Å²) in [6.45, 7) is 5.82. The molecule has 2 aromatic rings. The van der Waals surface area contributed by atoms with E-state index in [4.69, 9.17) is 0 Å². The van der Waals surface area contributed by atoms with Gasteiger partial charge in [-0.25, -0.2) is 13.4 Å². The SMILES string of the molecule is CCNC(=NCc1ccccc1S(=O)(=O)N1CCCCC1)NCCCn1cccn1.I. The second kappa shape index (κ2) is 13.0.